The third kappa shape index (κ3) is 1.98. The van der Waals surface area contributed by atoms with Gasteiger partial charge in [-0.1, -0.05) is 25.0 Å². The van der Waals surface area contributed by atoms with Gasteiger partial charge in [0.15, 0.2) is 0 Å². The predicted molar refractivity (Wildman–Crippen MR) is 76.0 cm³/mol. The molecule has 0 aromatic heterocycles. The SMILES string of the molecule is CCN1C[C@]23CCC[C@](CO)(C1)C2=CC(OC)CC3. The fourth-order valence-electron chi connectivity index (χ4n) is 4.84. The number of likely N-dealkylation sites (tertiary alicyclic amines) is 1. The van der Waals surface area contributed by atoms with Crippen molar-refractivity contribution in [2.45, 2.75) is 45.1 Å². The van der Waals surface area contributed by atoms with Crippen molar-refractivity contribution in [2.75, 3.05) is 33.4 Å². The zero-order valence-corrected chi connectivity index (χ0v) is 12.3. The van der Waals surface area contributed by atoms with E-state index in [1.165, 1.54) is 31.4 Å². The number of nitrogens with zero attached hydrogens (tertiary/aromatic N) is 1. The molecule has 0 radical (unpaired) electrons. The first kappa shape index (κ1) is 13.6. The van der Waals surface area contributed by atoms with Gasteiger partial charge in [-0.05, 0) is 32.2 Å². The highest BCUT2D eigenvalue weighted by Gasteiger charge is 2.54. The van der Waals surface area contributed by atoms with Crippen molar-refractivity contribution in [3.05, 3.63) is 11.6 Å². The van der Waals surface area contributed by atoms with E-state index in [1.54, 1.807) is 0 Å². The first-order valence-electron chi connectivity index (χ1n) is 7.77. The molecular formula is C16H27NO2. The van der Waals surface area contributed by atoms with Gasteiger partial charge in [0, 0.05) is 31.0 Å². The standard InChI is InChI=1S/C16H27NO2/c1-3-17-10-15-6-4-7-16(11-17,12-18)14(15)9-13(19-2)5-8-15/h9,13,18H,3-8,10-12H2,1-2H3/t13?,15-,16-/m1/s1. The van der Waals surface area contributed by atoms with E-state index in [0.29, 0.717) is 12.0 Å². The average Bonchev–Trinajstić information content (AvgIpc) is 2.45. The third-order valence-electron chi connectivity index (χ3n) is 5.82. The van der Waals surface area contributed by atoms with E-state index < -0.39 is 0 Å². The Balaban J connectivity index is 2.03. The van der Waals surface area contributed by atoms with Gasteiger partial charge in [0.25, 0.3) is 0 Å². The van der Waals surface area contributed by atoms with Crippen LogP contribution >= 0.6 is 0 Å². The zero-order valence-electron chi connectivity index (χ0n) is 12.3. The lowest BCUT2D eigenvalue weighted by Crippen LogP contribution is -2.59. The molecule has 3 aliphatic rings. The van der Waals surface area contributed by atoms with Gasteiger partial charge in [-0.2, -0.15) is 0 Å². The highest BCUT2D eigenvalue weighted by molar-refractivity contribution is 5.33. The minimum Gasteiger partial charge on any atom is -0.395 e. The molecule has 3 heteroatoms. The normalized spacial score (nSPS) is 42.7. The Kier molecular flexibility index (Phi) is 3.48. The summed E-state index contributed by atoms with van der Waals surface area (Å²) >= 11 is 0. The van der Waals surface area contributed by atoms with Crippen LogP contribution in [0.1, 0.15) is 39.0 Å². The second-order valence-electron chi connectivity index (χ2n) is 6.77. The van der Waals surface area contributed by atoms with Crippen molar-refractivity contribution >= 4 is 0 Å². The fraction of sp³-hybridized carbons (Fsp3) is 0.875. The molecule has 3 nitrogen and oxygen atoms in total. The second kappa shape index (κ2) is 4.87. The van der Waals surface area contributed by atoms with Crippen LogP contribution in [0.3, 0.4) is 0 Å². The molecule has 2 aliphatic carbocycles. The lowest BCUT2D eigenvalue weighted by molar-refractivity contribution is -0.0349. The minimum absolute atomic E-state index is 0.0176. The molecule has 19 heavy (non-hydrogen) atoms. The quantitative estimate of drug-likeness (QED) is 0.794. The maximum Gasteiger partial charge on any atom is 0.0755 e. The van der Waals surface area contributed by atoms with Crippen molar-refractivity contribution in [1.82, 2.24) is 4.90 Å². The van der Waals surface area contributed by atoms with Crippen LogP contribution in [0, 0.1) is 10.8 Å². The second-order valence-corrected chi connectivity index (χ2v) is 6.77. The van der Waals surface area contributed by atoms with Crippen LogP contribution in [0.5, 0.6) is 0 Å². The number of methoxy groups -OCH3 is 1. The maximum absolute atomic E-state index is 10.1. The number of ether oxygens (including phenoxy) is 1. The van der Waals surface area contributed by atoms with Gasteiger partial charge in [0.1, 0.15) is 0 Å². The molecule has 1 unspecified atom stereocenters. The van der Waals surface area contributed by atoms with E-state index in [2.05, 4.69) is 17.9 Å². The number of rotatable bonds is 3. The van der Waals surface area contributed by atoms with Crippen molar-refractivity contribution < 1.29 is 9.84 Å². The summed E-state index contributed by atoms with van der Waals surface area (Å²) in [5.74, 6) is 0. The van der Waals surface area contributed by atoms with Gasteiger partial charge in [-0.25, -0.2) is 0 Å². The number of aliphatic hydroxyl groups excluding tert-OH is 1. The Morgan fingerprint density at radius 3 is 2.89 bits per heavy atom. The number of hydrogen-bond acceptors (Lipinski definition) is 3. The fourth-order valence-corrected chi connectivity index (χ4v) is 4.84. The van der Waals surface area contributed by atoms with Crippen molar-refractivity contribution in [3.63, 3.8) is 0 Å². The van der Waals surface area contributed by atoms with Crippen LogP contribution in [-0.4, -0.2) is 49.5 Å². The summed E-state index contributed by atoms with van der Waals surface area (Å²) in [6.07, 6.45) is 8.71. The molecule has 0 spiro atoms. The molecule has 0 aromatic rings. The largest absolute Gasteiger partial charge is 0.395 e. The first-order valence-corrected chi connectivity index (χ1v) is 7.77. The van der Waals surface area contributed by atoms with E-state index in [-0.39, 0.29) is 11.5 Å². The van der Waals surface area contributed by atoms with E-state index in [4.69, 9.17) is 4.74 Å². The van der Waals surface area contributed by atoms with Gasteiger partial charge >= 0.3 is 0 Å². The minimum atomic E-state index is 0.0176. The molecule has 3 rings (SSSR count). The first-order chi connectivity index (χ1) is 9.18. The highest BCUT2D eigenvalue weighted by atomic mass is 16.5. The Hall–Kier alpha value is -0.380. The van der Waals surface area contributed by atoms with E-state index in [9.17, 15) is 5.11 Å². The van der Waals surface area contributed by atoms with Crippen LogP contribution in [-0.2, 0) is 4.74 Å². The molecule has 2 fully saturated rings. The average molecular weight is 265 g/mol. The Bertz CT molecular complexity index is 381. The lowest BCUT2D eigenvalue weighted by Gasteiger charge is -2.59. The molecule has 2 bridgehead atoms. The summed E-state index contributed by atoms with van der Waals surface area (Å²) in [6, 6.07) is 0. The summed E-state index contributed by atoms with van der Waals surface area (Å²) < 4.78 is 5.57. The summed E-state index contributed by atoms with van der Waals surface area (Å²) in [4.78, 5) is 2.56. The molecule has 1 heterocycles. The van der Waals surface area contributed by atoms with Gasteiger partial charge in [0.2, 0.25) is 0 Å². The van der Waals surface area contributed by atoms with Crippen LogP contribution in [0.2, 0.25) is 0 Å². The van der Waals surface area contributed by atoms with Crippen molar-refractivity contribution in [1.29, 1.82) is 0 Å². The predicted octanol–water partition coefficient (Wildman–Crippen LogP) is 2.21. The maximum atomic E-state index is 10.1. The molecule has 0 aromatic carbocycles. The summed E-state index contributed by atoms with van der Waals surface area (Å²) in [6.45, 7) is 5.86. The Labute approximate surface area is 116 Å². The van der Waals surface area contributed by atoms with Gasteiger partial charge < -0.3 is 14.7 Å². The van der Waals surface area contributed by atoms with Crippen LogP contribution in [0.15, 0.2) is 11.6 Å². The van der Waals surface area contributed by atoms with Crippen LogP contribution < -0.4 is 0 Å². The molecule has 3 atom stereocenters. The third-order valence-corrected chi connectivity index (χ3v) is 5.82. The molecule has 0 amide bonds. The zero-order chi connectivity index (χ0) is 13.5. The molecule has 1 aliphatic heterocycles. The van der Waals surface area contributed by atoms with E-state index in [0.717, 1.165) is 25.9 Å². The van der Waals surface area contributed by atoms with Crippen LogP contribution in [0.25, 0.3) is 0 Å². The topological polar surface area (TPSA) is 32.7 Å². The summed E-state index contributed by atoms with van der Waals surface area (Å²) in [7, 11) is 1.81. The molecule has 1 N–H and O–H groups in total. The van der Waals surface area contributed by atoms with Crippen molar-refractivity contribution in [2.24, 2.45) is 10.8 Å². The monoisotopic (exact) mass is 265 g/mol. The lowest BCUT2D eigenvalue weighted by atomic mass is 9.52. The van der Waals surface area contributed by atoms with Crippen molar-refractivity contribution in [3.8, 4) is 0 Å². The number of piperidine rings is 1. The van der Waals surface area contributed by atoms with Gasteiger partial charge in [-0.3, -0.25) is 0 Å². The van der Waals surface area contributed by atoms with Gasteiger partial charge in [-0.15, -0.1) is 0 Å². The highest BCUT2D eigenvalue weighted by Crippen LogP contribution is 2.58. The van der Waals surface area contributed by atoms with E-state index >= 15 is 0 Å². The Morgan fingerprint density at radius 1 is 1.37 bits per heavy atom. The number of aliphatic hydroxyl groups is 1. The smallest absolute Gasteiger partial charge is 0.0755 e. The summed E-state index contributed by atoms with van der Waals surface area (Å²) in [5, 5.41) is 10.1. The summed E-state index contributed by atoms with van der Waals surface area (Å²) in [5.41, 5.74) is 1.89. The van der Waals surface area contributed by atoms with E-state index in [1.807, 2.05) is 7.11 Å². The van der Waals surface area contributed by atoms with Crippen LogP contribution in [0.4, 0.5) is 0 Å². The molecule has 108 valence electrons. The molecule has 1 saturated heterocycles. The van der Waals surface area contributed by atoms with Gasteiger partial charge in [0.05, 0.1) is 12.7 Å². The number of hydrogen-bond donors (Lipinski definition) is 1. The Morgan fingerprint density at radius 2 is 2.21 bits per heavy atom. The molecule has 1 saturated carbocycles. The molecular weight excluding hydrogens is 238 g/mol.